The van der Waals surface area contributed by atoms with E-state index in [9.17, 15) is 0 Å². The molecule has 1 aromatic rings. The highest BCUT2D eigenvalue weighted by Gasteiger charge is 2.08. The van der Waals surface area contributed by atoms with Crippen molar-refractivity contribution in [1.82, 2.24) is 9.56 Å². The summed E-state index contributed by atoms with van der Waals surface area (Å²) in [7, 11) is 11.4. The van der Waals surface area contributed by atoms with Crippen LogP contribution >= 0.6 is 20.7 Å². The highest BCUT2D eigenvalue weighted by Crippen LogP contribution is 2.14. The van der Waals surface area contributed by atoms with Gasteiger partial charge in [0.15, 0.2) is 0 Å². The van der Waals surface area contributed by atoms with E-state index in [0.717, 1.165) is 9.93 Å². The van der Waals surface area contributed by atoms with Crippen molar-refractivity contribution in [2.24, 2.45) is 0 Å². The molecule has 0 radical (unpaired) electrons. The molecular formula is C6H12BrN3S2. The first-order valence-corrected chi connectivity index (χ1v) is 5.41. The Morgan fingerprint density at radius 1 is 1.25 bits per heavy atom. The average Bonchev–Trinajstić information content (AvgIpc) is 2.33. The van der Waals surface area contributed by atoms with Gasteiger partial charge in [0.2, 0.25) is 0 Å². The quantitative estimate of drug-likeness (QED) is 0.409. The minimum atomic E-state index is 0. The lowest BCUT2D eigenvalue weighted by molar-refractivity contribution is -0.00000238. The van der Waals surface area contributed by atoms with Crippen molar-refractivity contribution in [3.63, 3.8) is 0 Å². The van der Waals surface area contributed by atoms with E-state index >= 15 is 0 Å². The average molecular weight is 270 g/mol. The first-order valence-electron chi connectivity index (χ1n) is 3.26. The van der Waals surface area contributed by atoms with E-state index in [2.05, 4.69) is 4.98 Å². The molecular weight excluding hydrogens is 258 g/mol. The maximum atomic E-state index is 4.40. The van der Waals surface area contributed by atoms with Gasteiger partial charge in [0, 0.05) is 29.4 Å². The van der Waals surface area contributed by atoms with E-state index in [1.807, 2.05) is 37.7 Å². The molecule has 1 heterocycles. The lowest BCUT2D eigenvalue weighted by Gasteiger charge is -1.99. The molecule has 0 aliphatic heterocycles. The Morgan fingerprint density at radius 3 is 2.08 bits per heavy atom. The first-order chi connectivity index (χ1) is 5.11. The Balaban J connectivity index is 0.00000121. The number of nitrogens with zero attached hydrogens (tertiary/aromatic N) is 3. The number of hydrogen-bond donors (Lipinski definition) is 0. The first kappa shape index (κ1) is 12.1. The van der Waals surface area contributed by atoms with Crippen LogP contribution in [0.15, 0.2) is 0 Å². The second-order valence-electron chi connectivity index (χ2n) is 2.63. The van der Waals surface area contributed by atoms with Crippen molar-refractivity contribution in [3.05, 3.63) is 4.80 Å². The van der Waals surface area contributed by atoms with Crippen molar-refractivity contribution < 1.29 is 17.0 Å². The molecule has 1 rings (SSSR count). The summed E-state index contributed by atoms with van der Waals surface area (Å²) in [4.78, 5) is 7.49. The molecule has 0 atom stereocenters. The molecule has 0 amide bonds. The second-order valence-corrected chi connectivity index (χ2v) is 4.70. The predicted octanol–water partition coefficient (Wildman–Crippen LogP) is -2.69. The van der Waals surface area contributed by atoms with Crippen LogP contribution in [0.1, 0.15) is 0 Å². The van der Waals surface area contributed by atoms with Gasteiger partial charge in [-0.1, -0.05) is 0 Å². The van der Waals surface area contributed by atoms with Crippen LogP contribution in [0.2, 0.25) is 0 Å². The molecule has 3 nitrogen and oxygen atoms in total. The standard InChI is InChI=1S/C6H12N3S2.BrH/c1-8(2)5-7-6(9(3)4)11-10-5;/h1-4H3;1H/q+1;/p-1. The molecule has 6 heteroatoms. The van der Waals surface area contributed by atoms with Crippen LogP contribution in [-0.4, -0.2) is 33.2 Å². The molecule has 0 aliphatic carbocycles. The molecule has 70 valence electrons. The molecule has 0 saturated heterocycles. The topological polar surface area (TPSA) is 19.1 Å². The number of aromatic nitrogens is 1. The third-order valence-electron chi connectivity index (χ3n) is 1.15. The summed E-state index contributed by atoms with van der Waals surface area (Å²) in [5.74, 6) is 0. The fourth-order valence-corrected chi connectivity index (χ4v) is 2.86. The Hall–Kier alpha value is 0.0600. The Kier molecular flexibility index (Phi) is 4.96. The summed E-state index contributed by atoms with van der Waals surface area (Å²) >= 11 is 0. The molecule has 1 aromatic heterocycles. The van der Waals surface area contributed by atoms with Crippen LogP contribution in [0.5, 0.6) is 0 Å². The highest BCUT2D eigenvalue weighted by molar-refractivity contribution is 7.69. The number of halogens is 1. The Bertz CT molecular complexity index is 298. The van der Waals surface area contributed by atoms with E-state index in [1.54, 1.807) is 20.7 Å². The molecule has 0 bridgehead atoms. The van der Waals surface area contributed by atoms with Gasteiger partial charge in [0.25, 0.3) is 0 Å². The molecule has 0 N–H and O–H groups in total. The van der Waals surface area contributed by atoms with Gasteiger partial charge in [-0.2, -0.15) is 0 Å². The molecule has 0 aliphatic rings. The third kappa shape index (κ3) is 2.84. The molecule has 0 spiro atoms. The van der Waals surface area contributed by atoms with E-state index in [0.29, 0.717) is 0 Å². The van der Waals surface area contributed by atoms with Crippen molar-refractivity contribution in [1.29, 1.82) is 0 Å². The van der Waals surface area contributed by atoms with Gasteiger partial charge in [0.05, 0.1) is 14.1 Å². The van der Waals surface area contributed by atoms with Gasteiger partial charge in [-0.3, -0.25) is 4.58 Å². The predicted molar refractivity (Wildman–Crippen MR) is 51.4 cm³/mol. The lowest BCUT2D eigenvalue weighted by Crippen LogP contribution is -3.00. The van der Waals surface area contributed by atoms with Crippen LogP contribution in [0, 0.1) is 0 Å². The number of rotatable bonds is 1. The monoisotopic (exact) mass is 269 g/mol. The zero-order valence-corrected chi connectivity index (χ0v) is 10.8. The van der Waals surface area contributed by atoms with E-state index < -0.39 is 0 Å². The van der Waals surface area contributed by atoms with Gasteiger partial charge in [0.1, 0.15) is 0 Å². The fraction of sp³-hybridized carbons (Fsp3) is 0.667. The smallest absolute Gasteiger partial charge is 0.390 e. The van der Waals surface area contributed by atoms with Gasteiger partial charge in [-0.05, 0) is 10.3 Å². The van der Waals surface area contributed by atoms with Crippen molar-refractivity contribution in [3.8, 4) is 0 Å². The molecule has 0 unspecified atom stereocenters. The zero-order chi connectivity index (χ0) is 8.43. The summed E-state index contributed by atoms with van der Waals surface area (Å²) in [5, 5.41) is 1.07. The third-order valence-corrected chi connectivity index (χ3v) is 3.59. The Morgan fingerprint density at radius 2 is 1.83 bits per heavy atom. The Labute approximate surface area is 90.2 Å². The minimum Gasteiger partial charge on any atom is -1.00 e. The lowest BCUT2D eigenvalue weighted by atomic mass is 10.9. The summed E-state index contributed by atoms with van der Waals surface area (Å²) < 4.78 is 2.02. The summed E-state index contributed by atoms with van der Waals surface area (Å²) in [6.07, 6.45) is 0. The minimum absolute atomic E-state index is 0. The summed E-state index contributed by atoms with van der Waals surface area (Å²) in [5.41, 5.74) is 0. The van der Waals surface area contributed by atoms with Crippen LogP contribution in [0.3, 0.4) is 0 Å². The van der Waals surface area contributed by atoms with Crippen LogP contribution in [0.25, 0.3) is 0 Å². The van der Waals surface area contributed by atoms with Gasteiger partial charge >= 0.3 is 9.93 Å². The van der Waals surface area contributed by atoms with Crippen molar-refractivity contribution in [2.45, 2.75) is 0 Å². The zero-order valence-electron chi connectivity index (χ0n) is 7.54. The van der Waals surface area contributed by atoms with Crippen LogP contribution in [-0.2, 0) is 0 Å². The fourth-order valence-electron chi connectivity index (χ4n) is 0.543. The van der Waals surface area contributed by atoms with Crippen LogP contribution in [0.4, 0.5) is 5.13 Å². The maximum absolute atomic E-state index is 4.40. The summed E-state index contributed by atoms with van der Waals surface area (Å²) in [6.45, 7) is 0. The number of hydrogen-bond acceptors (Lipinski definition) is 4. The van der Waals surface area contributed by atoms with E-state index in [-0.39, 0.29) is 17.0 Å². The highest BCUT2D eigenvalue weighted by atomic mass is 79.9. The van der Waals surface area contributed by atoms with Gasteiger partial charge < -0.3 is 21.9 Å². The van der Waals surface area contributed by atoms with Gasteiger partial charge in [-0.15, -0.1) is 0 Å². The molecule has 0 saturated carbocycles. The van der Waals surface area contributed by atoms with Crippen molar-refractivity contribution in [2.75, 3.05) is 33.1 Å². The second kappa shape index (κ2) is 4.94. The molecule has 0 aromatic carbocycles. The van der Waals surface area contributed by atoms with E-state index in [4.69, 9.17) is 0 Å². The normalized spacial score (nSPS) is 9.00. The van der Waals surface area contributed by atoms with Crippen molar-refractivity contribution >= 4 is 25.8 Å². The molecule has 12 heavy (non-hydrogen) atoms. The summed E-state index contributed by atoms with van der Waals surface area (Å²) in [6, 6.07) is 0. The van der Waals surface area contributed by atoms with Gasteiger partial charge in [-0.25, -0.2) is 0 Å². The van der Waals surface area contributed by atoms with E-state index in [1.165, 1.54) is 0 Å². The number of anilines is 1. The SMILES string of the molecule is CN(C)c1nc(=[N+](C)C)ss1.[Br-]. The largest absolute Gasteiger partial charge is 1.00 e. The maximum Gasteiger partial charge on any atom is 0.390 e. The van der Waals surface area contributed by atoms with Crippen LogP contribution < -0.4 is 31.3 Å². The molecule has 0 fully saturated rings.